The molecule has 0 spiro atoms. The number of aliphatic carboxylic acids is 1. The van der Waals surface area contributed by atoms with Gasteiger partial charge in [-0.3, -0.25) is 14.9 Å². The van der Waals surface area contributed by atoms with Gasteiger partial charge in [0, 0.05) is 24.7 Å². The first kappa shape index (κ1) is 14.0. The Bertz CT molecular complexity index is 670. The first-order chi connectivity index (χ1) is 9.49. The van der Waals surface area contributed by atoms with Crippen molar-refractivity contribution in [2.24, 2.45) is 7.05 Å². The predicted molar refractivity (Wildman–Crippen MR) is 71.5 cm³/mol. The third kappa shape index (κ3) is 2.94. The number of benzene rings is 1. The Kier molecular flexibility index (Phi) is 3.99. The maximum absolute atomic E-state index is 10.7. The number of carboxylic acids is 1. The minimum Gasteiger partial charge on any atom is -0.481 e. The monoisotopic (exact) mass is 294 g/mol. The minimum absolute atomic E-state index is 0.0368. The summed E-state index contributed by atoms with van der Waals surface area (Å²) >= 11 is 1.04. The van der Waals surface area contributed by atoms with Gasteiger partial charge in [0.2, 0.25) is 0 Å². The standard InChI is InChI=1S/C11H10N4O4S/c1-14-10(12-13-11(14)20-6-9(16)17)7-3-2-4-8(5-7)15(18)19/h2-5H,6H2,1H3,(H,16,17). The Morgan fingerprint density at radius 3 is 2.90 bits per heavy atom. The van der Waals surface area contributed by atoms with Gasteiger partial charge in [-0.15, -0.1) is 10.2 Å². The minimum atomic E-state index is -0.949. The zero-order valence-corrected chi connectivity index (χ0v) is 11.2. The van der Waals surface area contributed by atoms with Crippen molar-refractivity contribution in [1.82, 2.24) is 14.8 Å². The summed E-state index contributed by atoms with van der Waals surface area (Å²) in [6.07, 6.45) is 0. The van der Waals surface area contributed by atoms with E-state index in [1.54, 1.807) is 23.7 Å². The fraction of sp³-hybridized carbons (Fsp3) is 0.182. The maximum Gasteiger partial charge on any atom is 0.313 e. The zero-order valence-electron chi connectivity index (χ0n) is 10.4. The number of hydrogen-bond acceptors (Lipinski definition) is 6. The Morgan fingerprint density at radius 2 is 2.25 bits per heavy atom. The van der Waals surface area contributed by atoms with Crippen LogP contribution in [-0.2, 0) is 11.8 Å². The molecule has 1 N–H and O–H groups in total. The van der Waals surface area contributed by atoms with Crippen LogP contribution in [0, 0.1) is 10.1 Å². The molecular weight excluding hydrogens is 284 g/mol. The van der Waals surface area contributed by atoms with Crippen molar-refractivity contribution in [3.05, 3.63) is 34.4 Å². The second kappa shape index (κ2) is 5.70. The van der Waals surface area contributed by atoms with Crippen LogP contribution in [0.4, 0.5) is 5.69 Å². The van der Waals surface area contributed by atoms with Gasteiger partial charge in [0.15, 0.2) is 11.0 Å². The van der Waals surface area contributed by atoms with Crippen molar-refractivity contribution in [3.63, 3.8) is 0 Å². The quantitative estimate of drug-likeness (QED) is 0.506. The summed E-state index contributed by atoms with van der Waals surface area (Å²) in [5.74, 6) is -0.627. The van der Waals surface area contributed by atoms with Crippen LogP contribution in [0.3, 0.4) is 0 Å². The number of nitrogens with zero attached hydrogens (tertiary/aromatic N) is 4. The number of hydrogen-bond donors (Lipinski definition) is 1. The third-order valence-electron chi connectivity index (χ3n) is 2.47. The van der Waals surface area contributed by atoms with Crippen LogP contribution in [0.2, 0.25) is 0 Å². The summed E-state index contributed by atoms with van der Waals surface area (Å²) in [4.78, 5) is 20.8. The van der Waals surface area contributed by atoms with E-state index in [4.69, 9.17) is 5.11 Å². The first-order valence-electron chi connectivity index (χ1n) is 5.48. The van der Waals surface area contributed by atoms with E-state index < -0.39 is 10.9 Å². The fourth-order valence-electron chi connectivity index (χ4n) is 1.58. The Balaban J connectivity index is 2.31. The third-order valence-corrected chi connectivity index (χ3v) is 3.48. The summed E-state index contributed by atoms with van der Waals surface area (Å²) in [6.45, 7) is 0. The van der Waals surface area contributed by atoms with Crippen molar-refractivity contribution in [1.29, 1.82) is 0 Å². The number of carbonyl (C=O) groups is 1. The molecular formula is C11H10N4O4S. The van der Waals surface area contributed by atoms with E-state index in [1.807, 2.05) is 0 Å². The molecule has 0 aliphatic heterocycles. The molecule has 0 atom stereocenters. The Morgan fingerprint density at radius 1 is 1.50 bits per heavy atom. The molecule has 0 radical (unpaired) electrons. The van der Waals surface area contributed by atoms with Crippen LogP contribution < -0.4 is 0 Å². The van der Waals surface area contributed by atoms with E-state index in [2.05, 4.69) is 10.2 Å². The molecule has 20 heavy (non-hydrogen) atoms. The average molecular weight is 294 g/mol. The van der Waals surface area contributed by atoms with E-state index in [0.717, 1.165) is 11.8 Å². The van der Waals surface area contributed by atoms with Crippen LogP contribution >= 0.6 is 11.8 Å². The highest BCUT2D eigenvalue weighted by Gasteiger charge is 2.14. The summed E-state index contributed by atoms with van der Waals surface area (Å²) in [5.41, 5.74) is 0.515. The number of non-ortho nitro benzene ring substituents is 1. The van der Waals surface area contributed by atoms with E-state index in [9.17, 15) is 14.9 Å². The number of nitro benzene ring substituents is 1. The molecule has 1 heterocycles. The largest absolute Gasteiger partial charge is 0.481 e. The number of rotatable bonds is 5. The van der Waals surface area contributed by atoms with E-state index in [-0.39, 0.29) is 11.4 Å². The summed E-state index contributed by atoms with van der Waals surface area (Å²) < 4.78 is 1.60. The van der Waals surface area contributed by atoms with E-state index in [1.165, 1.54) is 12.1 Å². The highest BCUT2D eigenvalue weighted by atomic mass is 32.2. The molecule has 9 heteroatoms. The smallest absolute Gasteiger partial charge is 0.313 e. The SMILES string of the molecule is Cn1c(SCC(=O)O)nnc1-c1cccc([N+](=O)[O-])c1. The van der Waals surface area contributed by atoms with Crippen LogP contribution in [0.5, 0.6) is 0 Å². The first-order valence-corrected chi connectivity index (χ1v) is 6.46. The lowest BCUT2D eigenvalue weighted by atomic mass is 10.2. The van der Waals surface area contributed by atoms with Crippen LogP contribution in [0.15, 0.2) is 29.4 Å². The molecule has 0 bridgehead atoms. The number of aromatic nitrogens is 3. The molecule has 1 aromatic heterocycles. The predicted octanol–water partition coefficient (Wildman–Crippen LogP) is 1.57. The van der Waals surface area contributed by atoms with Gasteiger partial charge in [0.1, 0.15) is 0 Å². The lowest BCUT2D eigenvalue weighted by Gasteiger charge is -2.02. The molecule has 0 unspecified atom stereocenters. The lowest BCUT2D eigenvalue weighted by molar-refractivity contribution is -0.384. The van der Waals surface area contributed by atoms with E-state index in [0.29, 0.717) is 16.5 Å². The Hall–Kier alpha value is -2.42. The summed E-state index contributed by atoms with van der Waals surface area (Å²) in [7, 11) is 1.68. The van der Waals surface area contributed by atoms with Crippen LogP contribution in [0.25, 0.3) is 11.4 Å². The topological polar surface area (TPSA) is 111 Å². The summed E-state index contributed by atoms with van der Waals surface area (Å²) in [5, 5.41) is 27.6. The average Bonchev–Trinajstić information content (AvgIpc) is 2.78. The number of nitro groups is 1. The zero-order chi connectivity index (χ0) is 14.7. The van der Waals surface area contributed by atoms with Crippen molar-refractivity contribution in [2.75, 3.05) is 5.75 Å². The lowest BCUT2D eigenvalue weighted by Crippen LogP contribution is -2.01. The molecule has 2 aromatic rings. The van der Waals surface area contributed by atoms with Gasteiger partial charge in [0.25, 0.3) is 5.69 Å². The molecule has 104 valence electrons. The normalized spacial score (nSPS) is 10.4. The van der Waals surface area contributed by atoms with Crippen molar-refractivity contribution in [2.45, 2.75) is 5.16 Å². The molecule has 0 fully saturated rings. The van der Waals surface area contributed by atoms with Crippen molar-refractivity contribution >= 4 is 23.4 Å². The second-order valence-electron chi connectivity index (χ2n) is 3.86. The van der Waals surface area contributed by atoms with Gasteiger partial charge in [0.05, 0.1) is 10.7 Å². The molecule has 0 aliphatic carbocycles. The van der Waals surface area contributed by atoms with Gasteiger partial charge in [-0.25, -0.2) is 0 Å². The van der Waals surface area contributed by atoms with Crippen molar-refractivity contribution in [3.8, 4) is 11.4 Å². The molecule has 2 rings (SSSR count). The molecule has 0 aliphatic rings. The van der Waals surface area contributed by atoms with Crippen LogP contribution in [-0.4, -0.2) is 36.5 Å². The summed E-state index contributed by atoms with van der Waals surface area (Å²) in [6, 6.07) is 6.03. The molecule has 0 amide bonds. The molecule has 0 saturated carbocycles. The molecule has 1 aromatic carbocycles. The van der Waals surface area contributed by atoms with Crippen molar-refractivity contribution < 1.29 is 14.8 Å². The molecule has 0 saturated heterocycles. The van der Waals surface area contributed by atoms with Gasteiger partial charge >= 0.3 is 5.97 Å². The Labute approximate surface area is 117 Å². The van der Waals surface area contributed by atoms with Crippen LogP contribution in [0.1, 0.15) is 0 Å². The number of thioether (sulfide) groups is 1. The van der Waals surface area contributed by atoms with Gasteiger partial charge in [-0.05, 0) is 0 Å². The van der Waals surface area contributed by atoms with Gasteiger partial charge in [-0.2, -0.15) is 0 Å². The maximum atomic E-state index is 10.7. The second-order valence-corrected chi connectivity index (χ2v) is 4.80. The molecule has 8 nitrogen and oxygen atoms in total. The number of carboxylic acid groups (broad SMARTS) is 1. The highest BCUT2D eigenvalue weighted by Crippen LogP contribution is 2.25. The van der Waals surface area contributed by atoms with Gasteiger partial charge < -0.3 is 9.67 Å². The van der Waals surface area contributed by atoms with E-state index >= 15 is 0 Å². The fourth-order valence-corrected chi connectivity index (χ4v) is 2.21. The van der Waals surface area contributed by atoms with Gasteiger partial charge in [-0.1, -0.05) is 23.9 Å². The highest BCUT2D eigenvalue weighted by molar-refractivity contribution is 7.99.